The van der Waals surface area contributed by atoms with Crippen molar-refractivity contribution in [1.29, 1.82) is 0 Å². The lowest BCUT2D eigenvalue weighted by atomic mass is 10.0. The van der Waals surface area contributed by atoms with E-state index in [0.29, 0.717) is 19.4 Å². The van der Waals surface area contributed by atoms with Crippen LogP contribution in [0.4, 0.5) is 0 Å². The number of hydrogen-bond acceptors (Lipinski definition) is 5. The van der Waals surface area contributed by atoms with Crippen LogP contribution in [0.3, 0.4) is 0 Å². The predicted molar refractivity (Wildman–Crippen MR) is 283 cm³/mol. The summed E-state index contributed by atoms with van der Waals surface area (Å²) < 4.78 is 5.46. The lowest BCUT2D eigenvalue weighted by Crippen LogP contribution is -2.45. The number of amides is 1. The number of hydrogen-bond donors (Lipinski definition) is 3. The molecule has 6 nitrogen and oxygen atoms in total. The van der Waals surface area contributed by atoms with Gasteiger partial charge in [-0.15, -0.1) is 0 Å². The van der Waals surface area contributed by atoms with Gasteiger partial charge in [0, 0.05) is 12.8 Å². The van der Waals surface area contributed by atoms with Gasteiger partial charge < -0.3 is 20.3 Å². The summed E-state index contributed by atoms with van der Waals surface area (Å²) in [5.41, 5.74) is 0. The van der Waals surface area contributed by atoms with E-state index in [-0.39, 0.29) is 18.5 Å². The molecular weight excluding hydrogens is 803 g/mol. The summed E-state index contributed by atoms with van der Waals surface area (Å²) >= 11 is 0. The van der Waals surface area contributed by atoms with Crippen LogP contribution < -0.4 is 5.32 Å². The fourth-order valence-electron chi connectivity index (χ4n) is 8.98. The van der Waals surface area contributed by atoms with Crippen LogP contribution in [0.1, 0.15) is 316 Å². The van der Waals surface area contributed by atoms with Crippen LogP contribution in [-0.4, -0.2) is 47.4 Å². The molecule has 384 valence electrons. The van der Waals surface area contributed by atoms with Crippen LogP contribution in [0.15, 0.2) is 24.3 Å². The molecule has 0 aromatic heterocycles. The van der Waals surface area contributed by atoms with E-state index < -0.39 is 12.1 Å². The summed E-state index contributed by atoms with van der Waals surface area (Å²) in [6.07, 6.45) is 66.3. The molecule has 0 aliphatic carbocycles. The van der Waals surface area contributed by atoms with Crippen LogP contribution in [0.25, 0.3) is 0 Å². The zero-order valence-electron chi connectivity index (χ0n) is 43.7. The molecule has 65 heavy (non-hydrogen) atoms. The second-order valence-corrected chi connectivity index (χ2v) is 20.0. The zero-order chi connectivity index (χ0) is 47.2. The summed E-state index contributed by atoms with van der Waals surface area (Å²) in [5, 5.41) is 23.1. The molecule has 0 heterocycles. The maximum Gasteiger partial charge on any atom is 0.305 e. The number of esters is 1. The van der Waals surface area contributed by atoms with Crippen molar-refractivity contribution in [3.05, 3.63) is 24.3 Å². The number of unbranched alkanes of at least 4 members (excludes halogenated alkanes) is 41. The van der Waals surface area contributed by atoms with Crippen LogP contribution in [0.2, 0.25) is 0 Å². The molecule has 0 aliphatic rings. The second kappa shape index (κ2) is 54.9. The van der Waals surface area contributed by atoms with E-state index in [4.69, 9.17) is 4.74 Å². The maximum absolute atomic E-state index is 12.4. The number of aliphatic hydroxyl groups is 2. The van der Waals surface area contributed by atoms with Crippen molar-refractivity contribution in [3.63, 3.8) is 0 Å². The third-order valence-electron chi connectivity index (χ3n) is 13.5. The quantitative estimate of drug-likeness (QED) is 0.0321. The molecule has 2 atom stereocenters. The lowest BCUT2D eigenvalue weighted by molar-refractivity contribution is -0.143. The Labute approximate surface area is 405 Å². The minimum atomic E-state index is -0.843. The van der Waals surface area contributed by atoms with E-state index >= 15 is 0 Å². The van der Waals surface area contributed by atoms with Crippen LogP contribution in [-0.2, 0) is 14.3 Å². The van der Waals surface area contributed by atoms with Crippen LogP contribution in [0.5, 0.6) is 0 Å². The number of ether oxygens (including phenoxy) is 1. The highest BCUT2D eigenvalue weighted by Crippen LogP contribution is 2.17. The monoisotopic (exact) mass is 916 g/mol. The Morgan fingerprint density at radius 3 is 1.12 bits per heavy atom. The fraction of sp³-hybridized carbons (Fsp3) is 0.898. The normalized spacial score (nSPS) is 12.7. The van der Waals surface area contributed by atoms with Gasteiger partial charge in [-0.25, -0.2) is 0 Å². The first kappa shape index (κ1) is 63.3. The van der Waals surface area contributed by atoms with Crippen molar-refractivity contribution in [2.24, 2.45) is 0 Å². The summed E-state index contributed by atoms with van der Waals surface area (Å²) in [6.45, 7) is 4.88. The molecule has 3 N–H and O–H groups in total. The summed E-state index contributed by atoms with van der Waals surface area (Å²) in [6, 6.07) is -0.627. The highest BCUT2D eigenvalue weighted by molar-refractivity contribution is 5.76. The van der Waals surface area contributed by atoms with Crippen LogP contribution >= 0.6 is 0 Å². The third-order valence-corrected chi connectivity index (χ3v) is 13.5. The lowest BCUT2D eigenvalue weighted by Gasteiger charge is -2.20. The largest absolute Gasteiger partial charge is 0.466 e. The van der Waals surface area contributed by atoms with Gasteiger partial charge in [-0.2, -0.15) is 0 Å². The summed E-state index contributed by atoms with van der Waals surface area (Å²) in [4.78, 5) is 24.4. The van der Waals surface area contributed by atoms with Crippen molar-refractivity contribution >= 4 is 11.9 Å². The number of carbonyl (C=O) groups excluding carboxylic acids is 2. The minimum Gasteiger partial charge on any atom is -0.466 e. The van der Waals surface area contributed by atoms with E-state index in [1.165, 1.54) is 244 Å². The molecule has 0 rings (SSSR count). The Hall–Kier alpha value is -1.66. The molecule has 0 aliphatic heterocycles. The topological polar surface area (TPSA) is 95.9 Å². The van der Waals surface area contributed by atoms with Crippen molar-refractivity contribution in [3.8, 4) is 0 Å². The van der Waals surface area contributed by atoms with Crippen molar-refractivity contribution in [1.82, 2.24) is 5.32 Å². The molecule has 0 saturated carbocycles. The molecule has 0 fully saturated rings. The Kier molecular flexibility index (Phi) is 53.5. The highest BCUT2D eigenvalue weighted by atomic mass is 16.5. The number of rotatable bonds is 54. The molecule has 0 saturated heterocycles. The molecule has 0 spiro atoms. The molecular formula is C59H113NO5. The first-order valence-electron chi connectivity index (χ1n) is 29.1. The summed E-state index contributed by atoms with van der Waals surface area (Å²) in [5.74, 6) is -0.0648. The molecule has 2 unspecified atom stereocenters. The average molecular weight is 917 g/mol. The van der Waals surface area contributed by atoms with Gasteiger partial charge in [0.15, 0.2) is 0 Å². The smallest absolute Gasteiger partial charge is 0.305 e. The molecule has 6 heteroatoms. The Morgan fingerprint density at radius 2 is 0.723 bits per heavy atom. The first-order valence-corrected chi connectivity index (χ1v) is 29.1. The summed E-state index contributed by atoms with van der Waals surface area (Å²) in [7, 11) is 0. The van der Waals surface area contributed by atoms with E-state index in [1.54, 1.807) is 6.08 Å². The number of carbonyl (C=O) groups is 2. The third kappa shape index (κ3) is 51.6. The van der Waals surface area contributed by atoms with Gasteiger partial charge in [-0.3, -0.25) is 9.59 Å². The van der Waals surface area contributed by atoms with E-state index in [1.807, 2.05) is 6.08 Å². The Balaban J connectivity index is 3.40. The van der Waals surface area contributed by atoms with Gasteiger partial charge in [0.2, 0.25) is 5.91 Å². The Morgan fingerprint density at radius 1 is 0.415 bits per heavy atom. The van der Waals surface area contributed by atoms with Gasteiger partial charge in [0.25, 0.3) is 0 Å². The van der Waals surface area contributed by atoms with E-state index in [0.717, 1.165) is 44.9 Å². The van der Waals surface area contributed by atoms with Gasteiger partial charge in [0.05, 0.1) is 25.4 Å². The van der Waals surface area contributed by atoms with Gasteiger partial charge >= 0.3 is 5.97 Å². The van der Waals surface area contributed by atoms with E-state index in [2.05, 4.69) is 31.3 Å². The van der Waals surface area contributed by atoms with Crippen molar-refractivity contribution in [2.75, 3.05) is 13.2 Å². The number of nitrogens with one attached hydrogen (secondary N) is 1. The molecule has 0 bridgehead atoms. The number of aliphatic hydroxyl groups excluding tert-OH is 2. The fourth-order valence-corrected chi connectivity index (χ4v) is 8.98. The molecule has 0 aromatic carbocycles. The molecule has 1 amide bonds. The van der Waals surface area contributed by atoms with Gasteiger partial charge in [0.1, 0.15) is 0 Å². The molecule has 0 aromatic rings. The van der Waals surface area contributed by atoms with E-state index in [9.17, 15) is 19.8 Å². The Bertz CT molecular complexity index is 1010. The maximum atomic E-state index is 12.4. The SMILES string of the molecule is CCCCC/C=C\CCCCCCCC(=O)OCCCCCCCCCCCCCCCCCCCCCCCCC(=O)NC(CO)C(O)/C=C/CCCCCCCCCCCCCC. The van der Waals surface area contributed by atoms with Crippen molar-refractivity contribution < 1.29 is 24.5 Å². The highest BCUT2D eigenvalue weighted by Gasteiger charge is 2.18. The van der Waals surface area contributed by atoms with Gasteiger partial charge in [-0.05, 0) is 57.8 Å². The predicted octanol–water partition coefficient (Wildman–Crippen LogP) is 17.9. The number of allylic oxidation sites excluding steroid dienone is 3. The molecule has 0 radical (unpaired) electrons. The van der Waals surface area contributed by atoms with Crippen LogP contribution in [0, 0.1) is 0 Å². The van der Waals surface area contributed by atoms with Crippen molar-refractivity contribution in [2.45, 2.75) is 328 Å². The van der Waals surface area contributed by atoms with Gasteiger partial charge in [-0.1, -0.05) is 269 Å². The first-order chi connectivity index (χ1) is 32.0. The standard InChI is InChI=1S/C59H113NO5/c1-3-5-7-9-11-13-15-17-28-31-35-39-43-47-51-57(62)56(55-61)60-58(63)52-48-44-40-36-32-29-26-24-22-20-18-19-21-23-25-27-30-34-38-42-46-50-54-65-59(64)53-49-45-41-37-33-16-14-12-10-8-6-4-2/h12,14,47,51,56-57,61-62H,3-11,13,15-46,48-50,52-55H2,1-2H3,(H,60,63)/b14-12-,51-47+. The minimum absolute atomic E-state index is 0.00258. The average Bonchev–Trinajstić information content (AvgIpc) is 3.31. The zero-order valence-corrected chi connectivity index (χ0v) is 43.7. The second-order valence-electron chi connectivity index (χ2n) is 20.0.